The van der Waals surface area contributed by atoms with Gasteiger partial charge < -0.3 is 4.57 Å². The van der Waals surface area contributed by atoms with Crippen molar-refractivity contribution in [1.82, 2.24) is 4.57 Å². The first-order valence-electron chi connectivity index (χ1n) is 13.7. The summed E-state index contributed by atoms with van der Waals surface area (Å²) in [4.78, 5) is 0. The Labute approximate surface area is 235 Å². The lowest BCUT2D eigenvalue weighted by Gasteiger charge is -2.11. The maximum atomic E-state index is 2.44. The van der Waals surface area contributed by atoms with Gasteiger partial charge in [-0.1, -0.05) is 103 Å². The lowest BCUT2D eigenvalue weighted by Crippen LogP contribution is -1.94. The Kier molecular flexibility index (Phi) is 4.55. The Morgan fingerprint density at radius 3 is 2.08 bits per heavy atom. The van der Waals surface area contributed by atoms with Crippen LogP contribution in [0.15, 0.2) is 140 Å². The van der Waals surface area contributed by atoms with E-state index in [1.165, 1.54) is 80.3 Å². The molecular weight excluding hydrogens is 502 g/mol. The van der Waals surface area contributed by atoms with E-state index in [2.05, 4.69) is 144 Å². The number of benzene rings is 7. The van der Waals surface area contributed by atoms with E-state index in [0.29, 0.717) is 0 Å². The summed E-state index contributed by atoms with van der Waals surface area (Å²) in [5.74, 6) is 0. The molecule has 0 saturated carbocycles. The molecule has 0 radical (unpaired) electrons. The molecule has 40 heavy (non-hydrogen) atoms. The molecule has 0 spiro atoms. The van der Waals surface area contributed by atoms with Gasteiger partial charge >= 0.3 is 0 Å². The van der Waals surface area contributed by atoms with E-state index in [-0.39, 0.29) is 0 Å². The summed E-state index contributed by atoms with van der Waals surface area (Å²) in [6.07, 6.45) is 0. The van der Waals surface area contributed by atoms with Crippen molar-refractivity contribution in [1.29, 1.82) is 0 Å². The molecule has 7 aromatic carbocycles. The number of aromatic nitrogens is 1. The van der Waals surface area contributed by atoms with Gasteiger partial charge in [-0.2, -0.15) is 0 Å². The number of thiophene rings is 1. The van der Waals surface area contributed by atoms with E-state index in [9.17, 15) is 0 Å². The lowest BCUT2D eigenvalue weighted by atomic mass is 9.97. The molecule has 0 amide bonds. The summed E-state index contributed by atoms with van der Waals surface area (Å²) >= 11 is 1.90. The predicted octanol–water partition coefficient (Wildman–Crippen LogP) is 11.1. The normalized spacial score (nSPS) is 12.0. The molecule has 2 heterocycles. The summed E-state index contributed by atoms with van der Waals surface area (Å²) in [5, 5.41) is 10.5. The number of hydrogen-bond acceptors (Lipinski definition) is 1. The second-order valence-corrected chi connectivity index (χ2v) is 11.6. The van der Waals surface area contributed by atoms with Gasteiger partial charge in [-0.05, 0) is 69.1 Å². The highest BCUT2D eigenvalue weighted by Crippen LogP contribution is 2.43. The minimum absolute atomic E-state index is 1.18. The van der Waals surface area contributed by atoms with Crippen LogP contribution in [0.5, 0.6) is 0 Å². The summed E-state index contributed by atoms with van der Waals surface area (Å²) in [6.45, 7) is 0. The van der Waals surface area contributed by atoms with Crippen molar-refractivity contribution in [2.24, 2.45) is 0 Å². The van der Waals surface area contributed by atoms with E-state index in [1.54, 1.807) is 0 Å². The fraction of sp³-hybridized carbons (Fsp3) is 0. The molecule has 1 nitrogen and oxygen atoms in total. The van der Waals surface area contributed by atoms with E-state index in [0.717, 1.165) is 0 Å². The molecule has 2 heteroatoms. The van der Waals surface area contributed by atoms with Gasteiger partial charge in [0, 0.05) is 36.6 Å². The maximum absolute atomic E-state index is 2.44. The van der Waals surface area contributed by atoms with Crippen LogP contribution in [-0.2, 0) is 0 Å². The highest BCUT2D eigenvalue weighted by atomic mass is 32.1. The van der Waals surface area contributed by atoms with Crippen LogP contribution < -0.4 is 0 Å². The first-order chi connectivity index (χ1) is 19.8. The summed E-state index contributed by atoms with van der Waals surface area (Å²) in [6, 6.07) is 51.2. The molecule has 0 saturated heterocycles. The van der Waals surface area contributed by atoms with Gasteiger partial charge in [0.1, 0.15) is 0 Å². The summed E-state index contributed by atoms with van der Waals surface area (Å²) in [7, 11) is 0. The van der Waals surface area contributed by atoms with E-state index >= 15 is 0 Å². The minimum atomic E-state index is 1.18. The topological polar surface area (TPSA) is 4.93 Å². The molecule has 186 valence electrons. The quantitative estimate of drug-likeness (QED) is 0.198. The van der Waals surface area contributed by atoms with Crippen molar-refractivity contribution in [2.75, 3.05) is 0 Å². The molecule has 0 N–H and O–H groups in total. The number of fused-ring (bicyclic) bond motifs is 10. The zero-order valence-corrected chi connectivity index (χ0v) is 22.5. The smallest absolute Gasteiger partial charge is 0.0555 e. The number of hydrogen-bond donors (Lipinski definition) is 0. The van der Waals surface area contributed by atoms with E-state index < -0.39 is 0 Å². The van der Waals surface area contributed by atoms with Gasteiger partial charge in [0.05, 0.1) is 11.0 Å². The van der Waals surface area contributed by atoms with Gasteiger partial charge in [-0.3, -0.25) is 0 Å². The van der Waals surface area contributed by atoms with Crippen LogP contribution in [0.1, 0.15) is 0 Å². The molecule has 2 aromatic heterocycles. The fourth-order valence-corrected chi connectivity index (χ4v) is 7.78. The van der Waals surface area contributed by atoms with Crippen molar-refractivity contribution in [3.05, 3.63) is 140 Å². The monoisotopic (exact) mass is 525 g/mol. The van der Waals surface area contributed by atoms with Crippen LogP contribution in [0.2, 0.25) is 0 Å². The molecular formula is C38H23NS. The molecule has 0 bridgehead atoms. The Morgan fingerprint density at radius 1 is 0.425 bits per heavy atom. The van der Waals surface area contributed by atoms with Gasteiger partial charge in [0.25, 0.3) is 0 Å². The zero-order valence-electron chi connectivity index (χ0n) is 21.6. The van der Waals surface area contributed by atoms with Crippen LogP contribution in [0.25, 0.3) is 80.3 Å². The number of rotatable bonds is 2. The first kappa shape index (κ1) is 22.0. The van der Waals surface area contributed by atoms with Crippen molar-refractivity contribution >= 4 is 74.9 Å². The van der Waals surface area contributed by atoms with Crippen LogP contribution in [0.4, 0.5) is 0 Å². The van der Waals surface area contributed by atoms with Crippen LogP contribution >= 0.6 is 11.3 Å². The summed E-state index contributed by atoms with van der Waals surface area (Å²) in [5.41, 5.74) is 6.13. The standard InChI is InChI=1S/C38H23NS/c1-2-11-29-24(8-1)16-17-25-18-19-27(23-33(25)29)26-9-7-10-28(22-26)39-34-14-5-3-13-32(34)37-35(39)21-20-31-30-12-4-6-15-36(30)40-38(31)37/h1-23H. The van der Waals surface area contributed by atoms with Crippen molar-refractivity contribution in [3.63, 3.8) is 0 Å². The first-order valence-corrected chi connectivity index (χ1v) is 14.5. The van der Waals surface area contributed by atoms with Crippen LogP contribution in [-0.4, -0.2) is 4.57 Å². The number of para-hydroxylation sites is 1. The van der Waals surface area contributed by atoms with Gasteiger partial charge in [0.15, 0.2) is 0 Å². The second kappa shape index (κ2) is 8.29. The lowest BCUT2D eigenvalue weighted by molar-refractivity contribution is 1.18. The third-order valence-corrected chi connectivity index (χ3v) is 9.57. The average molecular weight is 526 g/mol. The molecule has 0 atom stereocenters. The Balaban J connectivity index is 1.30. The highest BCUT2D eigenvalue weighted by Gasteiger charge is 2.17. The van der Waals surface area contributed by atoms with Crippen molar-refractivity contribution in [2.45, 2.75) is 0 Å². The molecule has 0 unspecified atom stereocenters. The molecule has 0 aliphatic carbocycles. The Bertz CT molecular complexity index is 2440. The van der Waals surface area contributed by atoms with Crippen LogP contribution in [0.3, 0.4) is 0 Å². The van der Waals surface area contributed by atoms with E-state index in [1.807, 2.05) is 11.3 Å². The predicted molar refractivity (Wildman–Crippen MR) is 174 cm³/mol. The van der Waals surface area contributed by atoms with Crippen molar-refractivity contribution in [3.8, 4) is 16.8 Å². The summed E-state index contributed by atoms with van der Waals surface area (Å²) < 4.78 is 5.15. The molecule has 0 fully saturated rings. The Hall–Kier alpha value is -4.92. The van der Waals surface area contributed by atoms with Gasteiger partial charge in [-0.15, -0.1) is 11.3 Å². The maximum Gasteiger partial charge on any atom is 0.0555 e. The molecule has 0 aliphatic heterocycles. The van der Waals surface area contributed by atoms with Crippen LogP contribution in [0, 0.1) is 0 Å². The fourth-order valence-electron chi connectivity index (χ4n) is 6.52. The van der Waals surface area contributed by atoms with E-state index in [4.69, 9.17) is 0 Å². The second-order valence-electron chi connectivity index (χ2n) is 10.6. The highest BCUT2D eigenvalue weighted by molar-refractivity contribution is 7.26. The minimum Gasteiger partial charge on any atom is -0.309 e. The third-order valence-electron chi connectivity index (χ3n) is 8.36. The van der Waals surface area contributed by atoms with Gasteiger partial charge in [-0.25, -0.2) is 0 Å². The SMILES string of the molecule is c1cc(-c2ccc3ccc4ccccc4c3c2)cc(-n2c3ccccc3c3c4sc5ccccc5c4ccc32)c1. The largest absolute Gasteiger partial charge is 0.309 e. The molecule has 9 rings (SSSR count). The zero-order chi connectivity index (χ0) is 26.2. The number of nitrogens with zero attached hydrogens (tertiary/aromatic N) is 1. The Morgan fingerprint density at radius 2 is 1.15 bits per heavy atom. The average Bonchev–Trinajstić information content (AvgIpc) is 3.56. The molecule has 0 aliphatic rings. The molecule has 9 aromatic rings. The van der Waals surface area contributed by atoms with Gasteiger partial charge in [0.2, 0.25) is 0 Å². The van der Waals surface area contributed by atoms with Crippen molar-refractivity contribution < 1.29 is 0 Å². The third kappa shape index (κ3) is 3.08.